The highest BCUT2D eigenvalue weighted by Crippen LogP contribution is 2.33. The molecule has 1 saturated carbocycles. The molecule has 5 heteroatoms. The summed E-state index contributed by atoms with van der Waals surface area (Å²) >= 11 is 0. The highest BCUT2D eigenvalue weighted by molar-refractivity contribution is 7.87. The second kappa shape index (κ2) is 3.94. The van der Waals surface area contributed by atoms with Crippen LogP contribution in [0.2, 0.25) is 0 Å². The van der Waals surface area contributed by atoms with E-state index >= 15 is 0 Å². The normalized spacial score (nSPS) is 35.2. The van der Waals surface area contributed by atoms with Gasteiger partial charge >= 0.3 is 0 Å². The summed E-state index contributed by atoms with van der Waals surface area (Å²) in [6.07, 6.45) is 3.13. The fraction of sp³-hybridized carbons (Fsp3) is 1.00. The van der Waals surface area contributed by atoms with Crippen LogP contribution >= 0.6 is 0 Å². The zero-order valence-electron chi connectivity index (χ0n) is 8.16. The molecule has 78 valence electrons. The van der Waals surface area contributed by atoms with Crippen LogP contribution in [0.1, 0.15) is 33.1 Å². The lowest BCUT2D eigenvalue weighted by Gasteiger charge is -2.19. The van der Waals surface area contributed by atoms with Gasteiger partial charge in [-0.25, -0.2) is 5.14 Å². The molecule has 1 aliphatic rings. The Bertz CT molecular complexity index is 263. The molecule has 0 spiro atoms. The maximum absolute atomic E-state index is 10.8. The molecule has 0 aliphatic heterocycles. The SMILES string of the molecule is CCC1CCC(NS(N)(=O)=O)C1C. The molecule has 1 aliphatic carbocycles. The Balaban J connectivity index is 2.55. The summed E-state index contributed by atoms with van der Waals surface area (Å²) in [6, 6.07) is 0.0416. The standard InChI is InChI=1S/C8H18N2O2S/c1-3-7-4-5-8(6(7)2)10-13(9,11)12/h6-8,10H,3-5H2,1-2H3,(H2,9,11,12). The molecule has 3 atom stereocenters. The number of rotatable bonds is 3. The van der Waals surface area contributed by atoms with Crippen molar-refractivity contribution in [1.29, 1.82) is 0 Å². The van der Waals surface area contributed by atoms with Crippen LogP contribution in [0.25, 0.3) is 0 Å². The first-order valence-corrected chi connectivity index (χ1v) is 6.28. The second-order valence-corrected chi connectivity index (χ2v) is 5.20. The van der Waals surface area contributed by atoms with Crippen molar-refractivity contribution < 1.29 is 8.42 Å². The Hall–Kier alpha value is -0.130. The predicted octanol–water partition coefficient (Wildman–Crippen LogP) is 0.604. The van der Waals surface area contributed by atoms with Crippen LogP contribution in [-0.4, -0.2) is 14.5 Å². The first-order valence-electron chi connectivity index (χ1n) is 4.74. The summed E-state index contributed by atoms with van der Waals surface area (Å²) in [5, 5.41) is 4.93. The number of hydrogen-bond donors (Lipinski definition) is 2. The highest BCUT2D eigenvalue weighted by atomic mass is 32.2. The third-order valence-corrected chi connectivity index (χ3v) is 3.70. The zero-order chi connectivity index (χ0) is 10.1. The van der Waals surface area contributed by atoms with Crippen LogP contribution in [0.4, 0.5) is 0 Å². The molecular formula is C8H18N2O2S. The Kier molecular flexibility index (Phi) is 3.32. The van der Waals surface area contributed by atoms with Crippen molar-refractivity contribution in [3.63, 3.8) is 0 Å². The topological polar surface area (TPSA) is 72.2 Å². The van der Waals surface area contributed by atoms with Gasteiger partial charge in [-0.2, -0.15) is 13.1 Å². The minimum Gasteiger partial charge on any atom is -0.216 e. The largest absolute Gasteiger partial charge is 0.274 e. The molecule has 4 nitrogen and oxygen atoms in total. The lowest BCUT2D eigenvalue weighted by molar-refractivity contribution is 0.368. The van der Waals surface area contributed by atoms with E-state index in [1.54, 1.807) is 0 Å². The first kappa shape index (κ1) is 10.9. The van der Waals surface area contributed by atoms with E-state index in [-0.39, 0.29) is 6.04 Å². The van der Waals surface area contributed by atoms with Crippen LogP contribution in [-0.2, 0) is 10.2 Å². The monoisotopic (exact) mass is 206 g/mol. The van der Waals surface area contributed by atoms with Gasteiger partial charge in [-0.15, -0.1) is 0 Å². The average molecular weight is 206 g/mol. The van der Waals surface area contributed by atoms with Crippen LogP contribution in [0.5, 0.6) is 0 Å². The van der Waals surface area contributed by atoms with Gasteiger partial charge in [0, 0.05) is 6.04 Å². The Labute approximate surface area is 80.1 Å². The van der Waals surface area contributed by atoms with E-state index in [0.717, 1.165) is 19.3 Å². The van der Waals surface area contributed by atoms with Gasteiger partial charge in [0.2, 0.25) is 0 Å². The molecule has 0 heterocycles. The zero-order valence-corrected chi connectivity index (χ0v) is 8.97. The summed E-state index contributed by atoms with van der Waals surface area (Å²) in [6.45, 7) is 4.23. The number of nitrogens with one attached hydrogen (secondary N) is 1. The van der Waals surface area contributed by atoms with Crippen molar-refractivity contribution in [1.82, 2.24) is 4.72 Å². The smallest absolute Gasteiger partial charge is 0.216 e. The molecule has 3 unspecified atom stereocenters. The fourth-order valence-corrected chi connectivity index (χ4v) is 2.96. The summed E-state index contributed by atoms with van der Waals surface area (Å²) in [5.41, 5.74) is 0. The van der Waals surface area contributed by atoms with Gasteiger partial charge in [0.05, 0.1) is 0 Å². The number of nitrogens with two attached hydrogens (primary N) is 1. The maximum atomic E-state index is 10.8. The molecule has 0 aromatic heterocycles. The van der Waals surface area contributed by atoms with E-state index < -0.39 is 10.2 Å². The highest BCUT2D eigenvalue weighted by Gasteiger charge is 2.33. The van der Waals surface area contributed by atoms with Gasteiger partial charge < -0.3 is 0 Å². The summed E-state index contributed by atoms with van der Waals surface area (Å²) in [7, 11) is -3.52. The lowest BCUT2D eigenvalue weighted by Crippen LogP contribution is -2.41. The average Bonchev–Trinajstić information content (AvgIpc) is 2.30. The molecule has 3 N–H and O–H groups in total. The summed E-state index contributed by atoms with van der Waals surface area (Å²) < 4.78 is 24.1. The van der Waals surface area contributed by atoms with Crippen molar-refractivity contribution in [2.24, 2.45) is 17.0 Å². The number of hydrogen-bond acceptors (Lipinski definition) is 2. The van der Waals surface area contributed by atoms with Crippen LogP contribution in [0.3, 0.4) is 0 Å². The predicted molar refractivity (Wildman–Crippen MR) is 52.2 cm³/mol. The van der Waals surface area contributed by atoms with Crippen LogP contribution in [0.15, 0.2) is 0 Å². The lowest BCUT2D eigenvalue weighted by atomic mass is 9.94. The summed E-state index contributed by atoms with van der Waals surface area (Å²) in [4.78, 5) is 0. The van der Waals surface area contributed by atoms with Crippen LogP contribution in [0, 0.1) is 11.8 Å². The minimum absolute atomic E-state index is 0.0416. The maximum Gasteiger partial charge on any atom is 0.274 e. The molecule has 13 heavy (non-hydrogen) atoms. The third kappa shape index (κ3) is 2.93. The molecular weight excluding hydrogens is 188 g/mol. The Morgan fingerprint density at radius 3 is 2.46 bits per heavy atom. The molecule has 0 aromatic rings. The van der Waals surface area contributed by atoms with Crippen molar-refractivity contribution in [3.05, 3.63) is 0 Å². The van der Waals surface area contributed by atoms with Crippen molar-refractivity contribution in [2.75, 3.05) is 0 Å². The fourth-order valence-electron chi connectivity index (χ4n) is 2.20. The van der Waals surface area contributed by atoms with E-state index in [1.165, 1.54) is 0 Å². The van der Waals surface area contributed by atoms with Crippen molar-refractivity contribution >= 4 is 10.2 Å². The molecule has 0 bridgehead atoms. The van der Waals surface area contributed by atoms with E-state index in [2.05, 4.69) is 18.6 Å². The minimum atomic E-state index is -3.52. The quantitative estimate of drug-likeness (QED) is 0.710. The van der Waals surface area contributed by atoms with Gasteiger partial charge in [0.25, 0.3) is 10.2 Å². The third-order valence-electron chi connectivity index (χ3n) is 3.07. The molecule has 1 fully saturated rings. The van der Waals surface area contributed by atoms with Crippen LogP contribution < -0.4 is 9.86 Å². The Morgan fingerprint density at radius 1 is 1.46 bits per heavy atom. The van der Waals surface area contributed by atoms with E-state index in [1.807, 2.05) is 0 Å². The molecule has 0 aromatic carbocycles. The molecule has 0 saturated heterocycles. The van der Waals surface area contributed by atoms with E-state index in [4.69, 9.17) is 5.14 Å². The Morgan fingerprint density at radius 2 is 2.08 bits per heavy atom. The van der Waals surface area contributed by atoms with Crippen molar-refractivity contribution in [2.45, 2.75) is 39.2 Å². The molecule has 0 amide bonds. The van der Waals surface area contributed by atoms with E-state index in [9.17, 15) is 8.42 Å². The van der Waals surface area contributed by atoms with Crippen molar-refractivity contribution in [3.8, 4) is 0 Å². The van der Waals surface area contributed by atoms with Gasteiger partial charge in [0.1, 0.15) is 0 Å². The molecule has 0 radical (unpaired) electrons. The second-order valence-electron chi connectivity index (χ2n) is 3.87. The van der Waals surface area contributed by atoms with Gasteiger partial charge in [-0.3, -0.25) is 0 Å². The van der Waals surface area contributed by atoms with Gasteiger partial charge in [-0.05, 0) is 24.7 Å². The first-order chi connectivity index (χ1) is 5.94. The van der Waals surface area contributed by atoms with Gasteiger partial charge in [-0.1, -0.05) is 20.3 Å². The summed E-state index contributed by atoms with van der Waals surface area (Å²) in [5.74, 6) is 1.04. The van der Waals surface area contributed by atoms with Gasteiger partial charge in [0.15, 0.2) is 0 Å². The molecule has 1 rings (SSSR count). The van der Waals surface area contributed by atoms with E-state index in [0.29, 0.717) is 11.8 Å².